The van der Waals surface area contributed by atoms with Crippen molar-refractivity contribution in [3.05, 3.63) is 296 Å². The molecule has 0 saturated heterocycles. The summed E-state index contributed by atoms with van der Waals surface area (Å²) in [6.45, 7) is 10.7. The summed E-state index contributed by atoms with van der Waals surface area (Å²) in [7, 11) is 0. The van der Waals surface area contributed by atoms with Gasteiger partial charge in [0.1, 0.15) is 5.82 Å². The molecule has 0 aliphatic rings. The molecule has 3 N–H and O–H groups in total. The molecule has 3 radical (unpaired) electrons. The Morgan fingerprint density at radius 2 is 0.779 bits per heavy atom. The van der Waals surface area contributed by atoms with E-state index in [-0.39, 0.29) is 101 Å². The predicted molar refractivity (Wildman–Crippen MR) is 379 cm³/mol. The molecule has 6 heterocycles. The minimum atomic E-state index is -0.214. The van der Waals surface area contributed by atoms with Crippen LogP contribution in [0.3, 0.4) is 0 Å². The quantitative estimate of drug-likeness (QED) is 0.0691. The number of halogens is 1. The van der Waals surface area contributed by atoms with Crippen LogP contribution in [0.1, 0.15) is 47.1 Å². The summed E-state index contributed by atoms with van der Waals surface area (Å²) < 4.78 is 16.7. The van der Waals surface area contributed by atoms with Crippen LogP contribution in [0.25, 0.3) is 106 Å². The van der Waals surface area contributed by atoms with E-state index in [9.17, 15) is 18.8 Å². The van der Waals surface area contributed by atoms with Gasteiger partial charge < -0.3 is 30.3 Å². The molecule has 9 nitrogen and oxygen atoms in total. The molecular formula is C79H65FIr3N3O6S3-3. The maximum absolute atomic E-state index is 13.0. The Labute approximate surface area is 606 Å². The first-order valence-electron chi connectivity index (χ1n) is 29.1. The molecule has 0 bridgehead atoms. The smallest absolute Gasteiger partial charge is 0.155 e. The third-order valence-corrected chi connectivity index (χ3v) is 16.9. The van der Waals surface area contributed by atoms with Gasteiger partial charge in [-0.2, -0.15) is 0 Å². The van der Waals surface area contributed by atoms with Crippen LogP contribution in [0.4, 0.5) is 4.39 Å². The number of aliphatic hydroxyl groups excluding tert-OH is 3. The van der Waals surface area contributed by atoms with E-state index in [2.05, 4.69) is 156 Å². The molecule has 0 spiro atoms. The van der Waals surface area contributed by atoms with Crippen LogP contribution < -0.4 is 0 Å². The first-order chi connectivity index (χ1) is 44.4. The van der Waals surface area contributed by atoms with Crippen molar-refractivity contribution in [1.29, 1.82) is 0 Å². The average Bonchev–Trinajstić information content (AvgIpc) is 1.64. The molecule has 0 aliphatic heterocycles. The van der Waals surface area contributed by atoms with E-state index in [0.717, 1.165) is 49.6 Å². The second-order valence-electron chi connectivity index (χ2n) is 20.8. The van der Waals surface area contributed by atoms with Gasteiger partial charge in [-0.25, -0.2) is 4.39 Å². The summed E-state index contributed by atoms with van der Waals surface area (Å²) in [4.78, 5) is 47.7. The van der Waals surface area contributed by atoms with Crippen molar-refractivity contribution in [2.24, 2.45) is 0 Å². The maximum Gasteiger partial charge on any atom is 0.155 e. The fourth-order valence-corrected chi connectivity index (χ4v) is 12.9. The minimum absolute atomic E-state index is 0. The molecular weight excluding hydrogens is 1780 g/mol. The van der Waals surface area contributed by atoms with Gasteiger partial charge in [-0.3, -0.25) is 14.4 Å². The number of thiophene rings is 3. The van der Waals surface area contributed by atoms with Crippen molar-refractivity contribution in [2.75, 3.05) is 0 Å². The molecule has 0 aliphatic carbocycles. The number of hydrogen-bond acceptors (Lipinski definition) is 12. The first kappa shape index (κ1) is 77.1. The van der Waals surface area contributed by atoms with Crippen LogP contribution in [0, 0.1) is 30.9 Å². The zero-order valence-electron chi connectivity index (χ0n) is 52.7. The van der Waals surface area contributed by atoms with Crippen LogP contribution in [0.15, 0.2) is 266 Å². The van der Waals surface area contributed by atoms with Gasteiger partial charge in [0.15, 0.2) is 17.3 Å². The van der Waals surface area contributed by atoms with Crippen LogP contribution >= 0.6 is 34.0 Å². The van der Waals surface area contributed by atoms with Gasteiger partial charge in [-0.15, -0.1) is 142 Å². The van der Waals surface area contributed by atoms with Crippen LogP contribution in [0.5, 0.6) is 0 Å². The number of carbonyl (C=O) groups is 3. The number of pyridine rings is 3. The summed E-state index contributed by atoms with van der Waals surface area (Å²) in [5.41, 5.74) is 13.2. The molecule has 16 heteroatoms. The first-order valence-corrected chi connectivity index (χ1v) is 31.5. The number of allylic oxidation sites excluding steroid dienone is 6. The van der Waals surface area contributed by atoms with Gasteiger partial charge in [-0.05, 0) is 112 Å². The van der Waals surface area contributed by atoms with E-state index < -0.39 is 0 Å². The molecule has 95 heavy (non-hydrogen) atoms. The predicted octanol–water partition coefficient (Wildman–Crippen LogP) is 21.5. The number of rotatable bonds is 10. The van der Waals surface area contributed by atoms with E-state index >= 15 is 0 Å². The van der Waals surface area contributed by atoms with E-state index in [0.29, 0.717) is 0 Å². The summed E-state index contributed by atoms with van der Waals surface area (Å²) in [5.74, 6) is -0.402. The Morgan fingerprint density at radius 3 is 1.18 bits per heavy atom. The fraction of sp³-hybridized carbons (Fsp3) is 0.0886. The van der Waals surface area contributed by atoms with Crippen LogP contribution in [-0.2, 0) is 74.7 Å². The Morgan fingerprint density at radius 1 is 0.411 bits per heavy atom. The zero-order chi connectivity index (χ0) is 65.5. The SMILES string of the molecule is CC(=O)C=C(C)O.CC(=O)C=C(C)O.CC(=O)C=C(C)O.Cc1c(-c2ccccc2)sc2cc(-c3[c-]cccc3)ncc12.Fc1ccc(-c2cc3cnc(-c4[c-]cccc4)cc3s2)cc1.[Ir].[Ir].[Ir].[c-]1ccccc1-c1cc2sc(-c3ccccc3)c(-c3ccccc3)c2cn1. The van der Waals surface area contributed by atoms with Crippen LogP contribution in [0.2, 0.25) is 0 Å². The number of ketones is 3. The Hall–Kier alpha value is -8.62. The number of fused-ring (bicyclic) bond motifs is 3. The zero-order valence-corrected chi connectivity index (χ0v) is 62.3. The molecule has 0 fully saturated rings. The monoisotopic (exact) mass is 1850 g/mol. The number of aliphatic hydroxyl groups is 3. The van der Waals surface area contributed by atoms with Gasteiger partial charge >= 0.3 is 0 Å². The van der Waals surface area contributed by atoms with Gasteiger partial charge in [0.25, 0.3) is 0 Å². The second-order valence-corrected chi connectivity index (χ2v) is 24.0. The van der Waals surface area contributed by atoms with Crippen molar-refractivity contribution in [3.8, 4) is 76.2 Å². The molecule has 7 aromatic carbocycles. The molecule has 0 saturated carbocycles. The molecule has 13 aromatic rings. The molecule has 487 valence electrons. The van der Waals surface area contributed by atoms with Crippen molar-refractivity contribution >= 4 is 81.6 Å². The fourth-order valence-electron chi connectivity index (χ4n) is 9.33. The third kappa shape index (κ3) is 23.1. The molecule has 6 aromatic heterocycles. The van der Waals surface area contributed by atoms with Gasteiger partial charge in [-0.1, -0.05) is 121 Å². The topological polar surface area (TPSA) is 151 Å². The largest absolute Gasteiger partial charge is 0.512 e. The average molecular weight is 1840 g/mol. The number of hydrogen-bond donors (Lipinski definition) is 3. The number of aryl methyl sites for hydroxylation is 1. The van der Waals surface area contributed by atoms with Gasteiger partial charge in [0.2, 0.25) is 0 Å². The Kier molecular flexibility index (Phi) is 31.4. The van der Waals surface area contributed by atoms with Crippen molar-refractivity contribution in [1.82, 2.24) is 15.0 Å². The van der Waals surface area contributed by atoms with E-state index in [4.69, 9.17) is 20.3 Å². The van der Waals surface area contributed by atoms with E-state index in [1.807, 2.05) is 108 Å². The third-order valence-electron chi connectivity index (χ3n) is 13.3. The summed E-state index contributed by atoms with van der Waals surface area (Å²) >= 11 is 5.35. The molecule has 0 atom stereocenters. The number of carbonyl (C=O) groups excluding carboxylic acids is 3. The Balaban J connectivity index is 0.000000222. The standard InChI is InChI=1S/C25H16NS.C20H14NS.C19H11FNS.3C5H8O2.3Ir/c1-4-10-18(11-5-1)22-16-23-21(17-26-22)24(19-12-6-2-7-13-19)25(27-23)20-14-8-3-9-15-20;1-14-17-13-21-18(15-8-4-2-5-9-15)12-19(17)22-20(14)16-10-6-3-7-11-16;20-16-8-6-14(7-9-16)18-10-15-12-21-17(11-19(15)22-18)13-4-2-1-3-5-13;3*1-4(6)3-5(2)7;;;/h1-10,12-17H;2-8,10-13H,1H3;1-4,6-12H;3*3,6H,1-2H3;;;/q3*-1;;;;;;. The second kappa shape index (κ2) is 38.7. The normalized spacial score (nSPS) is 10.7. The van der Waals surface area contributed by atoms with Gasteiger partial charge in [0, 0.05) is 148 Å². The van der Waals surface area contributed by atoms with Crippen molar-refractivity contribution < 1.29 is 94.4 Å². The molecule has 13 rings (SSSR count). The van der Waals surface area contributed by atoms with Gasteiger partial charge in [0.05, 0.1) is 17.3 Å². The number of benzene rings is 7. The maximum atomic E-state index is 13.0. The summed E-state index contributed by atoms with van der Waals surface area (Å²) in [5, 5.41) is 28.6. The van der Waals surface area contributed by atoms with E-state index in [1.54, 1.807) is 23.5 Å². The van der Waals surface area contributed by atoms with Crippen molar-refractivity contribution in [2.45, 2.75) is 48.5 Å². The molecule has 0 amide bonds. The number of nitrogens with zero attached hydrogens (tertiary/aromatic N) is 3. The van der Waals surface area contributed by atoms with Crippen LogP contribution in [-0.4, -0.2) is 47.6 Å². The number of aromatic nitrogens is 3. The Bertz CT molecular complexity index is 4600. The minimum Gasteiger partial charge on any atom is -0.512 e. The summed E-state index contributed by atoms with van der Waals surface area (Å²) in [6, 6.07) is 80.4. The van der Waals surface area contributed by atoms with E-state index in [1.165, 1.54) is 134 Å². The molecule has 0 unspecified atom stereocenters. The summed E-state index contributed by atoms with van der Waals surface area (Å²) in [6.07, 6.45) is 9.38. The van der Waals surface area contributed by atoms with Crippen molar-refractivity contribution in [3.63, 3.8) is 0 Å².